The molecule has 0 saturated heterocycles. The second kappa shape index (κ2) is 7.49. The molecule has 0 aliphatic rings. The predicted octanol–water partition coefficient (Wildman–Crippen LogP) is 4.18. The zero-order chi connectivity index (χ0) is 22.3. The van der Waals surface area contributed by atoms with Crippen LogP contribution in [-0.4, -0.2) is 26.1 Å². The molecule has 0 bridgehead atoms. The van der Waals surface area contributed by atoms with Crippen LogP contribution in [0, 0.1) is 18.6 Å². The molecular weight excluding hydrogens is 423 g/mol. The number of para-hydroxylation sites is 1. The fourth-order valence-electron chi connectivity index (χ4n) is 3.14. The van der Waals surface area contributed by atoms with Gasteiger partial charge in [0.25, 0.3) is 5.56 Å². The lowest BCUT2D eigenvalue weighted by atomic mass is 10.1. The highest BCUT2D eigenvalue weighted by atomic mass is 19.4. The molecule has 0 spiro atoms. The number of aryl methyl sites for hydroxylation is 1. The van der Waals surface area contributed by atoms with E-state index in [1.54, 1.807) is 0 Å². The maximum Gasteiger partial charge on any atom is 0.573 e. The molecule has 0 fully saturated rings. The van der Waals surface area contributed by atoms with Gasteiger partial charge in [0, 0.05) is 18.1 Å². The fraction of sp³-hybridized carbons (Fsp3) is 0.150. The van der Waals surface area contributed by atoms with Gasteiger partial charge in [-0.2, -0.15) is 5.10 Å². The summed E-state index contributed by atoms with van der Waals surface area (Å²) in [6, 6.07) is 7.36. The quantitative estimate of drug-likeness (QED) is 0.487. The molecular formula is C20H13F5N4O2. The number of aromatic nitrogens is 4. The molecule has 31 heavy (non-hydrogen) atoms. The molecule has 0 atom stereocenters. The number of alkyl halides is 3. The molecule has 2 aromatic carbocycles. The van der Waals surface area contributed by atoms with Gasteiger partial charge in [0.05, 0.1) is 11.9 Å². The minimum absolute atomic E-state index is 0.0395. The highest BCUT2D eigenvalue weighted by Gasteiger charge is 2.32. The number of H-pyrrole nitrogens is 1. The van der Waals surface area contributed by atoms with Crippen LogP contribution >= 0.6 is 0 Å². The van der Waals surface area contributed by atoms with Crippen LogP contribution in [-0.2, 0) is 6.42 Å². The molecule has 0 amide bonds. The second-order valence-corrected chi connectivity index (χ2v) is 6.69. The van der Waals surface area contributed by atoms with Crippen LogP contribution in [0.4, 0.5) is 22.0 Å². The van der Waals surface area contributed by atoms with Crippen molar-refractivity contribution < 1.29 is 26.7 Å². The Morgan fingerprint density at radius 2 is 1.84 bits per heavy atom. The van der Waals surface area contributed by atoms with E-state index in [0.717, 1.165) is 18.2 Å². The third-order valence-electron chi connectivity index (χ3n) is 4.51. The van der Waals surface area contributed by atoms with Crippen molar-refractivity contribution in [1.29, 1.82) is 0 Å². The van der Waals surface area contributed by atoms with Gasteiger partial charge in [-0.05, 0) is 24.6 Å². The number of hydrogen-bond acceptors (Lipinski definition) is 4. The first-order chi connectivity index (χ1) is 14.6. The Balaban J connectivity index is 1.80. The van der Waals surface area contributed by atoms with Crippen LogP contribution in [0.25, 0.3) is 16.7 Å². The average molecular weight is 436 g/mol. The topological polar surface area (TPSA) is 72.8 Å². The van der Waals surface area contributed by atoms with Crippen molar-refractivity contribution in [3.05, 3.63) is 81.5 Å². The van der Waals surface area contributed by atoms with Crippen molar-refractivity contribution in [1.82, 2.24) is 19.7 Å². The highest BCUT2D eigenvalue weighted by molar-refractivity contribution is 5.75. The Hall–Kier alpha value is -3.76. The Labute approximate surface area is 170 Å². The van der Waals surface area contributed by atoms with Crippen LogP contribution in [0.15, 0.2) is 47.4 Å². The van der Waals surface area contributed by atoms with Crippen molar-refractivity contribution in [2.45, 2.75) is 19.7 Å². The van der Waals surface area contributed by atoms with Gasteiger partial charge >= 0.3 is 6.36 Å². The van der Waals surface area contributed by atoms with Gasteiger partial charge in [0.15, 0.2) is 17.3 Å². The van der Waals surface area contributed by atoms with Crippen molar-refractivity contribution in [3.63, 3.8) is 0 Å². The molecule has 6 nitrogen and oxygen atoms in total. The lowest BCUT2D eigenvalue weighted by Gasteiger charge is -2.13. The first kappa shape index (κ1) is 20.5. The van der Waals surface area contributed by atoms with Crippen LogP contribution < -0.4 is 10.3 Å². The van der Waals surface area contributed by atoms with Gasteiger partial charge < -0.3 is 9.72 Å². The Kier molecular flexibility index (Phi) is 4.96. The third-order valence-corrected chi connectivity index (χ3v) is 4.51. The number of nitrogens with zero attached hydrogens (tertiary/aromatic N) is 3. The van der Waals surface area contributed by atoms with E-state index in [-0.39, 0.29) is 34.5 Å². The molecule has 0 aliphatic heterocycles. The van der Waals surface area contributed by atoms with E-state index < -0.39 is 29.3 Å². The predicted molar refractivity (Wildman–Crippen MR) is 100 cm³/mol. The summed E-state index contributed by atoms with van der Waals surface area (Å²) in [5.41, 5.74) is 0.107. The Bertz CT molecular complexity index is 1340. The summed E-state index contributed by atoms with van der Waals surface area (Å²) in [5, 5.41) is 4.12. The average Bonchev–Trinajstić information content (AvgIpc) is 3.09. The zero-order valence-electron chi connectivity index (χ0n) is 15.8. The lowest BCUT2D eigenvalue weighted by Crippen LogP contribution is -2.18. The highest BCUT2D eigenvalue weighted by Crippen LogP contribution is 2.27. The first-order valence-corrected chi connectivity index (χ1v) is 8.89. The van der Waals surface area contributed by atoms with Crippen molar-refractivity contribution >= 4 is 11.0 Å². The standard InChI is InChI=1S/C20H13F5N4O2/c1-10-6-13(21)14(22)8-15(10)29-18-12(9-26-29)19(30)28-17(27-18)7-11-4-2-3-5-16(11)31-20(23,24)25/h2-6,8-9H,7H2,1H3,(H,27,28,30). The van der Waals surface area contributed by atoms with Crippen LogP contribution in [0.5, 0.6) is 5.75 Å². The zero-order valence-corrected chi connectivity index (χ0v) is 15.8. The van der Waals surface area contributed by atoms with Crippen LogP contribution in [0.2, 0.25) is 0 Å². The summed E-state index contributed by atoms with van der Waals surface area (Å²) in [6.45, 7) is 1.53. The number of halogens is 5. The van der Waals surface area contributed by atoms with Gasteiger partial charge in [-0.1, -0.05) is 18.2 Å². The summed E-state index contributed by atoms with van der Waals surface area (Å²) < 4.78 is 70.4. The van der Waals surface area contributed by atoms with E-state index in [9.17, 15) is 26.7 Å². The smallest absolute Gasteiger partial charge is 0.405 e. The molecule has 2 aromatic heterocycles. The van der Waals surface area contributed by atoms with Crippen molar-refractivity contribution in [2.75, 3.05) is 0 Å². The molecule has 1 N–H and O–H groups in total. The molecule has 0 aliphatic carbocycles. The van der Waals surface area contributed by atoms with Gasteiger partial charge in [-0.3, -0.25) is 4.79 Å². The summed E-state index contributed by atoms with van der Waals surface area (Å²) in [4.78, 5) is 19.2. The van der Waals surface area contributed by atoms with Gasteiger partial charge in [0.2, 0.25) is 0 Å². The maximum atomic E-state index is 13.8. The number of fused-ring (bicyclic) bond motifs is 1. The number of rotatable bonds is 4. The summed E-state index contributed by atoms with van der Waals surface area (Å²) in [7, 11) is 0. The second-order valence-electron chi connectivity index (χ2n) is 6.69. The normalized spacial score (nSPS) is 11.8. The van der Waals surface area contributed by atoms with Crippen LogP contribution in [0.1, 0.15) is 17.0 Å². The maximum absolute atomic E-state index is 13.8. The minimum atomic E-state index is -4.89. The Morgan fingerprint density at radius 3 is 2.58 bits per heavy atom. The third kappa shape index (κ3) is 4.11. The number of benzene rings is 2. The summed E-state index contributed by atoms with van der Waals surface area (Å²) in [5.74, 6) is -2.53. The number of hydrogen-bond donors (Lipinski definition) is 1. The molecule has 0 radical (unpaired) electrons. The lowest BCUT2D eigenvalue weighted by molar-refractivity contribution is -0.274. The van der Waals surface area contributed by atoms with E-state index in [1.165, 1.54) is 36.0 Å². The van der Waals surface area contributed by atoms with E-state index >= 15 is 0 Å². The van der Waals surface area contributed by atoms with E-state index in [4.69, 9.17) is 0 Å². The molecule has 0 unspecified atom stereocenters. The van der Waals surface area contributed by atoms with Crippen molar-refractivity contribution in [3.8, 4) is 11.4 Å². The molecule has 4 rings (SSSR count). The molecule has 2 heterocycles. The summed E-state index contributed by atoms with van der Waals surface area (Å²) in [6.07, 6.45) is -3.85. The SMILES string of the molecule is Cc1cc(F)c(F)cc1-n1ncc2c(=O)[nH]c(Cc3ccccc3OC(F)(F)F)nc21. The monoisotopic (exact) mass is 436 g/mol. The number of ether oxygens (including phenoxy) is 1. The molecule has 4 aromatic rings. The largest absolute Gasteiger partial charge is 0.573 e. The van der Waals surface area contributed by atoms with Gasteiger partial charge in [-0.25, -0.2) is 18.4 Å². The van der Waals surface area contributed by atoms with E-state index in [0.29, 0.717) is 5.56 Å². The molecule has 11 heteroatoms. The minimum Gasteiger partial charge on any atom is -0.405 e. The first-order valence-electron chi connectivity index (χ1n) is 8.89. The Morgan fingerprint density at radius 1 is 1.13 bits per heavy atom. The molecule has 160 valence electrons. The number of aromatic amines is 1. The van der Waals surface area contributed by atoms with Gasteiger partial charge in [0.1, 0.15) is 17.0 Å². The van der Waals surface area contributed by atoms with Crippen molar-refractivity contribution in [2.24, 2.45) is 0 Å². The van der Waals surface area contributed by atoms with E-state index in [2.05, 4.69) is 19.8 Å². The fourth-order valence-corrected chi connectivity index (χ4v) is 3.14. The number of nitrogens with one attached hydrogen (secondary N) is 1. The van der Waals surface area contributed by atoms with E-state index in [1.807, 2.05) is 0 Å². The molecule has 0 saturated carbocycles. The van der Waals surface area contributed by atoms with Crippen LogP contribution in [0.3, 0.4) is 0 Å². The van der Waals surface area contributed by atoms with Gasteiger partial charge in [-0.15, -0.1) is 13.2 Å². The summed E-state index contributed by atoms with van der Waals surface area (Å²) >= 11 is 0.